The normalized spacial score (nSPS) is 16.0. The standard InChI is InChI=1S/C20H24N4O4S/c1-28-20-8-6-19(7-9-20)23-11-13-24(14-12-23)29(26,27)16-18(22-25)5-4-17-3-2-10-21-15-17/h2-3,6-10,15,18,22,25H,11-14,16H2,1H3. The molecule has 1 saturated heterocycles. The molecule has 29 heavy (non-hydrogen) atoms. The molecule has 0 amide bonds. The van der Waals surface area contributed by atoms with E-state index < -0.39 is 16.1 Å². The summed E-state index contributed by atoms with van der Waals surface area (Å²) in [7, 11) is -1.95. The lowest BCUT2D eigenvalue weighted by Gasteiger charge is -2.35. The number of rotatable bonds is 6. The number of nitrogens with one attached hydrogen (secondary N) is 1. The van der Waals surface area contributed by atoms with E-state index in [0.29, 0.717) is 31.7 Å². The quantitative estimate of drug-likeness (QED) is 0.535. The number of hydrogen-bond acceptors (Lipinski definition) is 7. The van der Waals surface area contributed by atoms with Crippen LogP contribution >= 0.6 is 0 Å². The molecule has 0 bridgehead atoms. The van der Waals surface area contributed by atoms with Gasteiger partial charge in [-0.2, -0.15) is 9.79 Å². The molecule has 1 fully saturated rings. The molecule has 0 radical (unpaired) electrons. The summed E-state index contributed by atoms with van der Waals surface area (Å²) < 4.78 is 32.1. The third kappa shape index (κ3) is 5.68. The van der Waals surface area contributed by atoms with Gasteiger partial charge in [0.05, 0.1) is 12.9 Å². The fraction of sp³-hybridized carbons (Fsp3) is 0.350. The molecule has 154 valence electrons. The summed E-state index contributed by atoms with van der Waals surface area (Å²) in [5.74, 6) is 6.05. The Morgan fingerprint density at radius 3 is 2.52 bits per heavy atom. The van der Waals surface area contributed by atoms with Crippen LogP contribution in [0.15, 0.2) is 48.8 Å². The first-order valence-electron chi connectivity index (χ1n) is 9.20. The van der Waals surface area contributed by atoms with Crippen molar-refractivity contribution < 1.29 is 18.4 Å². The van der Waals surface area contributed by atoms with Crippen LogP contribution in [0, 0.1) is 11.8 Å². The minimum Gasteiger partial charge on any atom is -0.497 e. The molecule has 1 atom stereocenters. The lowest BCUT2D eigenvalue weighted by molar-refractivity contribution is 0.153. The Morgan fingerprint density at radius 1 is 1.21 bits per heavy atom. The number of nitrogens with zero attached hydrogens (tertiary/aromatic N) is 3. The van der Waals surface area contributed by atoms with Crippen molar-refractivity contribution in [3.05, 3.63) is 54.4 Å². The molecular formula is C20H24N4O4S. The topological polar surface area (TPSA) is 95.0 Å². The molecule has 0 spiro atoms. The van der Waals surface area contributed by atoms with Crippen molar-refractivity contribution >= 4 is 15.7 Å². The van der Waals surface area contributed by atoms with Gasteiger partial charge in [0.2, 0.25) is 10.0 Å². The molecule has 1 unspecified atom stereocenters. The number of anilines is 1. The number of sulfonamides is 1. The van der Waals surface area contributed by atoms with Gasteiger partial charge in [0, 0.05) is 49.8 Å². The number of pyridine rings is 1. The van der Waals surface area contributed by atoms with Crippen molar-refractivity contribution in [2.24, 2.45) is 0 Å². The predicted octanol–water partition coefficient (Wildman–Crippen LogP) is 0.941. The maximum atomic E-state index is 12.8. The minimum absolute atomic E-state index is 0.306. The molecule has 0 aliphatic carbocycles. The Hall–Kier alpha value is -2.64. The average Bonchev–Trinajstić information content (AvgIpc) is 2.77. The van der Waals surface area contributed by atoms with Crippen LogP contribution in [-0.2, 0) is 10.0 Å². The summed E-state index contributed by atoms with van der Waals surface area (Å²) in [5.41, 5.74) is 3.67. The lowest BCUT2D eigenvalue weighted by Crippen LogP contribution is -2.51. The molecular weight excluding hydrogens is 392 g/mol. The largest absolute Gasteiger partial charge is 0.497 e. The first-order chi connectivity index (χ1) is 14.0. The van der Waals surface area contributed by atoms with Gasteiger partial charge in [-0.25, -0.2) is 8.42 Å². The van der Waals surface area contributed by atoms with E-state index in [1.54, 1.807) is 31.6 Å². The summed E-state index contributed by atoms with van der Waals surface area (Å²) in [6.07, 6.45) is 3.21. The Kier molecular flexibility index (Phi) is 7.06. The van der Waals surface area contributed by atoms with Crippen LogP contribution in [0.1, 0.15) is 5.56 Å². The van der Waals surface area contributed by atoms with Crippen LogP contribution in [-0.4, -0.2) is 68.0 Å². The van der Waals surface area contributed by atoms with Gasteiger partial charge in [0.15, 0.2) is 0 Å². The second-order valence-electron chi connectivity index (χ2n) is 6.56. The van der Waals surface area contributed by atoms with Crippen LogP contribution in [0.2, 0.25) is 0 Å². The highest BCUT2D eigenvalue weighted by molar-refractivity contribution is 7.89. The van der Waals surface area contributed by atoms with E-state index in [2.05, 4.69) is 21.7 Å². The molecule has 1 aliphatic rings. The van der Waals surface area contributed by atoms with Crippen molar-refractivity contribution in [3.63, 3.8) is 0 Å². The lowest BCUT2D eigenvalue weighted by atomic mass is 10.2. The van der Waals surface area contributed by atoms with Crippen molar-refractivity contribution in [1.29, 1.82) is 0 Å². The maximum absolute atomic E-state index is 12.8. The summed E-state index contributed by atoms with van der Waals surface area (Å²) >= 11 is 0. The number of hydrogen-bond donors (Lipinski definition) is 2. The molecule has 0 saturated carbocycles. The summed E-state index contributed by atoms with van der Waals surface area (Å²) in [5, 5.41) is 9.33. The van der Waals surface area contributed by atoms with Gasteiger partial charge in [-0.1, -0.05) is 11.8 Å². The van der Waals surface area contributed by atoms with Crippen LogP contribution in [0.25, 0.3) is 0 Å². The number of aromatic nitrogens is 1. The molecule has 2 N–H and O–H groups in total. The van der Waals surface area contributed by atoms with E-state index in [-0.39, 0.29) is 5.75 Å². The van der Waals surface area contributed by atoms with Crippen LogP contribution in [0.4, 0.5) is 5.69 Å². The molecule has 2 aromatic rings. The van der Waals surface area contributed by atoms with Gasteiger partial charge >= 0.3 is 0 Å². The second kappa shape index (κ2) is 9.71. The molecule has 1 aromatic heterocycles. The highest BCUT2D eigenvalue weighted by atomic mass is 32.2. The van der Waals surface area contributed by atoms with E-state index in [1.807, 2.05) is 29.7 Å². The smallest absolute Gasteiger partial charge is 0.216 e. The number of ether oxygens (including phenoxy) is 1. The van der Waals surface area contributed by atoms with Crippen molar-refractivity contribution in [3.8, 4) is 17.6 Å². The highest BCUT2D eigenvalue weighted by Gasteiger charge is 2.29. The third-order valence-corrected chi connectivity index (χ3v) is 6.56. The number of hydroxylamine groups is 1. The zero-order valence-corrected chi connectivity index (χ0v) is 17.0. The fourth-order valence-electron chi connectivity index (χ4n) is 3.05. The monoisotopic (exact) mass is 416 g/mol. The van der Waals surface area contributed by atoms with Gasteiger partial charge < -0.3 is 14.8 Å². The predicted molar refractivity (Wildman–Crippen MR) is 110 cm³/mol. The molecule has 1 aromatic carbocycles. The number of benzene rings is 1. The fourth-order valence-corrected chi connectivity index (χ4v) is 4.56. The van der Waals surface area contributed by atoms with Crippen LogP contribution in [0.5, 0.6) is 5.75 Å². The Morgan fingerprint density at radius 2 is 1.93 bits per heavy atom. The van der Waals surface area contributed by atoms with Gasteiger partial charge in [0.25, 0.3) is 0 Å². The average molecular weight is 417 g/mol. The Labute approximate surface area is 171 Å². The number of methoxy groups -OCH3 is 1. The van der Waals surface area contributed by atoms with Crippen molar-refractivity contribution in [2.75, 3.05) is 43.9 Å². The van der Waals surface area contributed by atoms with Crippen LogP contribution in [0.3, 0.4) is 0 Å². The van der Waals surface area contributed by atoms with Gasteiger partial charge in [0.1, 0.15) is 11.8 Å². The zero-order valence-electron chi connectivity index (χ0n) is 16.2. The zero-order chi connectivity index (χ0) is 20.7. The SMILES string of the molecule is COc1ccc(N2CCN(S(=O)(=O)CC(C#Cc3cccnc3)NO)CC2)cc1. The van der Waals surface area contributed by atoms with E-state index in [9.17, 15) is 13.6 Å². The van der Waals surface area contributed by atoms with Gasteiger partial charge in [-0.15, -0.1) is 0 Å². The summed E-state index contributed by atoms with van der Waals surface area (Å²) in [6.45, 7) is 1.93. The van der Waals surface area contributed by atoms with Crippen molar-refractivity contribution in [2.45, 2.75) is 6.04 Å². The number of piperazine rings is 1. The van der Waals surface area contributed by atoms with Crippen LogP contribution < -0.4 is 15.1 Å². The first-order valence-corrected chi connectivity index (χ1v) is 10.8. The van der Waals surface area contributed by atoms with E-state index in [4.69, 9.17) is 4.74 Å². The molecule has 2 heterocycles. The Balaban J connectivity index is 1.59. The molecule has 1 aliphatic heterocycles. The summed E-state index contributed by atoms with van der Waals surface area (Å²) in [6, 6.07) is 10.3. The van der Waals surface area contributed by atoms with Crippen molar-refractivity contribution in [1.82, 2.24) is 14.8 Å². The molecule has 3 rings (SSSR count). The molecule has 8 nitrogen and oxygen atoms in total. The maximum Gasteiger partial charge on any atom is 0.216 e. The van der Waals surface area contributed by atoms with E-state index in [0.717, 1.165) is 11.4 Å². The van der Waals surface area contributed by atoms with Gasteiger partial charge in [-0.3, -0.25) is 4.98 Å². The third-order valence-electron chi connectivity index (χ3n) is 4.65. The summed E-state index contributed by atoms with van der Waals surface area (Å²) in [4.78, 5) is 6.09. The van der Waals surface area contributed by atoms with E-state index >= 15 is 0 Å². The minimum atomic E-state index is -3.57. The molecule has 9 heteroatoms. The van der Waals surface area contributed by atoms with E-state index in [1.165, 1.54) is 4.31 Å². The Bertz CT molecular complexity index is 947. The highest BCUT2D eigenvalue weighted by Crippen LogP contribution is 2.21. The first kappa shape index (κ1) is 21.1. The second-order valence-corrected chi connectivity index (χ2v) is 8.57. The van der Waals surface area contributed by atoms with Gasteiger partial charge in [-0.05, 0) is 36.4 Å².